The summed E-state index contributed by atoms with van der Waals surface area (Å²) in [4.78, 5) is 1.32. The van der Waals surface area contributed by atoms with Crippen LogP contribution in [0.15, 0.2) is 15.9 Å². The number of nitrogens with two attached hydrogens (primary N) is 1. The molecule has 2 nitrogen and oxygen atoms in total. The standard InChI is InChI=1S/C12H21BrN2S/c1-3-9(4-2)8-15-10(7-14)11-5-6-12(13)16-11/h5-6,9-10,15H,3-4,7-8,14H2,1-2H3. The molecular formula is C12H21BrN2S. The van der Waals surface area contributed by atoms with Gasteiger partial charge in [0.05, 0.1) is 9.83 Å². The summed E-state index contributed by atoms with van der Waals surface area (Å²) in [7, 11) is 0. The summed E-state index contributed by atoms with van der Waals surface area (Å²) < 4.78 is 1.17. The van der Waals surface area contributed by atoms with E-state index in [1.54, 1.807) is 11.3 Å². The van der Waals surface area contributed by atoms with Gasteiger partial charge in [-0.3, -0.25) is 0 Å². The SMILES string of the molecule is CCC(CC)CNC(CN)c1ccc(Br)s1. The molecule has 16 heavy (non-hydrogen) atoms. The van der Waals surface area contributed by atoms with Gasteiger partial charge in [0, 0.05) is 11.4 Å². The Morgan fingerprint density at radius 2 is 2.06 bits per heavy atom. The van der Waals surface area contributed by atoms with Gasteiger partial charge in [0.25, 0.3) is 0 Å². The van der Waals surface area contributed by atoms with Crippen LogP contribution in [0.1, 0.15) is 37.6 Å². The molecule has 1 atom stereocenters. The number of hydrogen-bond acceptors (Lipinski definition) is 3. The molecule has 0 spiro atoms. The molecule has 0 radical (unpaired) electrons. The van der Waals surface area contributed by atoms with Gasteiger partial charge in [0.15, 0.2) is 0 Å². The van der Waals surface area contributed by atoms with E-state index < -0.39 is 0 Å². The maximum Gasteiger partial charge on any atom is 0.0702 e. The highest BCUT2D eigenvalue weighted by molar-refractivity contribution is 9.11. The van der Waals surface area contributed by atoms with E-state index in [9.17, 15) is 0 Å². The first-order valence-electron chi connectivity index (χ1n) is 5.89. The topological polar surface area (TPSA) is 38.0 Å². The van der Waals surface area contributed by atoms with E-state index in [1.807, 2.05) is 0 Å². The Bertz CT molecular complexity index is 297. The molecule has 1 unspecified atom stereocenters. The van der Waals surface area contributed by atoms with Crippen molar-refractivity contribution in [3.8, 4) is 0 Å². The van der Waals surface area contributed by atoms with Crippen molar-refractivity contribution < 1.29 is 0 Å². The average molecular weight is 305 g/mol. The number of hydrogen-bond donors (Lipinski definition) is 2. The van der Waals surface area contributed by atoms with E-state index in [0.717, 1.165) is 12.5 Å². The molecule has 0 bridgehead atoms. The van der Waals surface area contributed by atoms with Gasteiger partial charge in [0.2, 0.25) is 0 Å². The van der Waals surface area contributed by atoms with Gasteiger partial charge in [-0.15, -0.1) is 11.3 Å². The molecule has 1 aromatic heterocycles. The predicted molar refractivity (Wildman–Crippen MR) is 75.9 cm³/mol. The van der Waals surface area contributed by atoms with Gasteiger partial charge in [0.1, 0.15) is 0 Å². The number of halogens is 1. The molecule has 0 aliphatic carbocycles. The number of thiophene rings is 1. The minimum Gasteiger partial charge on any atom is -0.329 e. The molecule has 0 saturated heterocycles. The first-order valence-corrected chi connectivity index (χ1v) is 7.50. The van der Waals surface area contributed by atoms with Crippen LogP contribution in [0.4, 0.5) is 0 Å². The van der Waals surface area contributed by atoms with Crippen molar-refractivity contribution in [3.05, 3.63) is 20.8 Å². The van der Waals surface area contributed by atoms with Gasteiger partial charge in [-0.25, -0.2) is 0 Å². The van der Waals surface area contributed by atoms with Crippen molar-refractivity contribution >= 4 is 27.3 Å². The molecule has 0 aliphatic heterocycles. The molecule has 0 aromatic carbocycles. The highest BCUT2D eigenvalue weighted by atomic mass is 79.9. The minimum atomic E-state index is 0.303. The van der Waals surface area contributed by atoms with Crippen molar-refractivity contribution in [2.45, 2.75) is 32.7 Å². The Balaban J connectivity index is 2.49. The summed E-state index contributed by atoms with van der Waals surface area (Å²) in [6.07, 6.45) is 2.46. The average Bonchev–Trinajstić information content (AvgIpc) is 2.71. The fourth-order valence-corrected chi connectivity index (χ4v) is 3.21. The van der Waals surface area contributed by atoms with Crippen LogP contribution >= 0.6 is 27.3 Å². The normalized spacial score (nSPS) is 13.3. The van der Waals surface area contributed by atoms with Crippen molar-refractivity contribution in [1.29, 1.82) is 0 Å². The second-order valence-corrected chi connectivity index (χ2v) is 6.52. The van der Waals surface area contributed by atoms with E-state index in [1.165, 1.54) is 21.5 Å². The summed E-state index contributed by atoms with van der Waals surface area (Å²) in [6, 6.07) is 4.53. The summed E-state index contributed by atoms with van der Waals surface area (Å²) in [5.74, 6) is 0.762. The van der Waals surface area contributed by atoms with Gasteiger partial charge >= 0.3 is 0 Å². The van der Waals surface area contributed by atoms with Gasteiger partial charge < -0.3 is 11.1 Å². The van der Waals surface area contributed by atoms with Crippen LogP contribution in [0.2, 0.25) is 0 Å². The quantitative estimate of drug-likeness (QED) is 0.808. The lowest BCUT2D eigenvalue weighted by Gasteiger charge is -2.19. The lowest BCUT2D eigenvalue weighted by atomic mass is 10.0. The monoisotopic (exact) mass is 304 g/mol. The maximum absolute atomic E-state index is 5.81. The lowest BCUT2D eigenvalue weighted by molar-refractivity contribution is 0.416. The highest BCUT2D eigenvalue weighted by Crippen LogP contribution is 2.27. The second kappa shape index (κ2) is 7.43. The van der Waals surface area contributed by atoms with Gasteiger partial charge in [-0.05, 0) is 40.5 Å². The number of rotatable bonds is 7. The maximum atomic E-state index is 5.81. The largest absolute Gasteiger partial charge is 0.329 e. The second-order valence-electron chi connectivity index (χ2n) is 4.02. The van der Waals surface area contributed by atoms with E-state index in [4.69, 9.17) is 5.73 Å². The molecule has 1 rings (SSSR count). The zero-order valence-corrected chi connectivity index (χ0v) is 12.4. The van der Waals surface area contributed by atoms with Crippen molar-refractivity contribution in [3.63, 3.8) is 0 Å². The third-order valence-corrected chi connectivity index (χ3v) is 4.72. The Hall–Kier alpha value is 0.1000. The molecule has 92 valence electrons. The molecule has 0 amide bonds. The first-order chi connectivity index (χ1) is 7.71. The Morgan fingerprint density at radius 3 is 2.50 bits per heavy atom. The van der Waals surface area contributed by atoms with Crippen LogP contribution in [0.25, 0.3) is 0 Å². The van der Waals surface area contributed by atoms with Crippen molar-refractivity contribution in [2.75, 3.05) is 13.1 Å². The van der Waals surface area contributed by atoms with Crippen LogP contribution < -0.4 is 11.1 Å². The molecule has 4 heteroatoms. The Labute approximate surface area is 111 Å². The molecule has 3 N–H and O–H groups in total. The first kappa shape index (κ1) is 14.2. The highest BCUT2D eigenvalue weighted by Gasteiger charge is 2.13. The number of nitrogens with one attached hydrogen (secondary N) is 1. The third-order valence-electron chi connectivity index (χ3n) is 2.98. The van der Waals surface area contributed by atoms with E-state index in [0.29, 0.717) is 12.6 Å². The van der Waals surface area contributed by atoms with E-state index in [2.05, 4.69) is 47.2 Å². The molecule has 0 saturated carbocycles. The molecular weight excluding hydrogens is 284 g/mol. The third kappa shape index (κ3) is 4.17. The molecule has 0 fully saturated rings. The summed E-state index contributed by atoms with van der Waals surface area (Å²) >= 11 is 5.25. The van der Waals surface area contributed by atoms with Crippen molar-refractivity contribution in [2.24, 2.45) is 11.7 Å². The minimum absolute atomic E-state index is 0.303. The summed E-state index contributed by atoms with van der Waals surface area (Å²) in [6.45, 7) is 6.21. The predicted octanol–water partition coefficient (Wildman–Crippen LogP) is 3.54. The zero-order valence-electron chi connectivity index (χ0n) is 10.0. The van der Waals surface area contributed by atoms with E-state index in [-0.39, 0.29) is 0 Å². The van der Waals surface area contributed by atoms with Gasteiger partial charge in [-0.2, -0.15) is 0 Å². The Morgan fingerprint density at radius 1 is 1.38 bits per heavy atom. The van der Waals surface area contributed by atoms with Crippen LogP contribution in [0, 0.1) is 5.92 Å². The van der Waals surface area contributed by atoms with E-state index >= 15 is 0 Å². The fourth-order valence-electron chi connectivity index (χ4n) is 1.70. The molecule has 0 aliphatic rings. The molecule has 1 heterocycles. The lowest BCUT2D eigenvalue weighted by Crippen LogP contribution is -2.31. The zero-order chi connectivity index (χ0) is 12.0. The van der Waals surface area contributed by atoms with Crippen LogP contribution in [-0.4, -0.2) is 13.1 Å². The fraction of sp³-hybridized carbons (Fsp3) is 0.667. The molecule has 1 aromatic rings. The summed E-state index contributed by atoms with van der Waals surface area (Å²) in [5, 5.41) is 3.57. The van der Waals surface area contributed by atoms with Crippen molar-refractivity contribution in [1.82, 2.24) is 5.32 Å². The van der Waals surface area contributed by atoms with Crippen LogP contribution in [0.5, 0.6) is 0 Å². The van der Waals surface area contributed by atoms with Crippen LogP contribution in [-0.2, 0) is 0 Å². The van der Waals surface area contributed by atoms with Crippen LogP contribution in [0.3, 0.4) is 0 Å². The summed E-state index contributed by atoms with van der Waals surface area (Å²) in [5.41, 5.74) is 5.81. The smallest absolute Gasteiger partial charge is 0.0702 e. The van der Waals surface area contributed by atoms with Gasteiger partial charge in [-0.1, -0.05) is 26.7 Å². The Kier molecular flexibility index (Phi) is 6.58.